The molecule has 0 bridgehead atoms. The van der Waals surface area contributed by atoms with Crippen LogP contribution in [0.1, 0.15) is 0 Å². The first-order valence-electron chi connectivity index (χ1n) is 12.8. The highest BCUT2D eigenvalue weighted by molar-refractivity contribution is 7.80. The second-order valence-corrected chi connectivity index (χ2v) is 13.1. The monoisotopic (exact) mass is 560 g/mol. The molecule has 0 amide bonds. The normalized spacial score (nSPS) is 10.3. The van der Waals surface area contributed by atoms with Crippen LogP contribution in [0.5, 0.6) is 0 Å². The van der Waals surface area contributed by atoms with Gasteiger partial charge >= 0.3 is 0 Å². The van der Waals surface area contributed by atoms with Crippen molar-refractivity contribution in [3.63, 3.8) is 0 Å². The number of hydrogen-bond acceptors (Lipinski definition) is 0. The van der Waals surface area contributed by atoms with Crippen LogP contribution in [-0.2, 0) is 0 Å². The van der Waals surface area contributed by atoms with Gasteiger partial charge in [-0.15, -0.1) is 12.4 Å². The Balaban J connectivity index is 0.000000176. The van der Waals surface area contributed by atoms with Gasteiger partial charge in [-0.1, -0.05) is 182 Å². The predicted molar refractivity (Wildman–Crippen MR) is 178 cm³/mol. The minimum absolute atomic E-state index is 0. The van der Waals surface area contributed by atoms with Crippen LogP contribution in [0.4, 0.5) is 0 Å². The molecule has 39 heavy (non-hydrogen) atoms. The molecule has 0 aliphatic rings. The fraction of sp³-hybridized carbons (Fsp3) is 0. The molecule has 0 atom stereocenters. The number of rotatable bonds is 6. The number of halogens is 1. The van der Waals surface area contributed by atoms with Gasteiger partial charge < -0.3 is 0 Å². The molecular formula is C36H31ClP2. The summed E-state index contributed by atoms with van der Waals surface area (Å²) >= 11 is 0. The largest absolute Gasteiger partial charge is 0.147 e. The van der Waals surface area contributed by atoms with Crippen LogP contribution in [0.15, 0.2) is 182 Å². The van der Waals surface area contributed by atoms with E-state index >= 15 is 0 Å². The van der Waals surface area contributed by atoms with E-state index in [-0.39, 0.29) is 12.4 Å². The first-order valence-corrected chi connectivity index (χ1v) is 15.5. The number of benzene rings is 6. The maximum atomic E-state index is 2.23. The van der Waals surface area contributed by atoms with Gasteiger partial charge in [-0.25, -0.2) is 0 Å². The van der Waals surface area contributed by atoms with Gasteiger partial charge in [0.05, 0.1) is 0 Å². The van der Waals surface area contributed by atoms with Crippen LogP contribution in [0.25, 0.3) is 0 Å². The van der Waals surface area contributed by atoms with Crippen LogP contribution in [-0.4, -0.2) is 0 Å². The summed E-state index contributed by atoms with van der Waals surface area (Å²) in [5.74, 6) is 0. The summed E-state index contributed by atoms with van der Waals surface area (Å²) in [7, 11) is -0.892. The molecule has 3 heteroatoms. The Labute approximate surface area is 241 Å². The standard InChI is InChI=1S/2C18H15P.ClH/c2*1-4-10-16(11-5-1)19(17-12-6-2-7-13-17)18-14-8-3-9-15-18;/h2*1-15H;1H. The van der Waals surface area contributed by atoms with Crippen molar-refractivity contribution >= 4 is 60.1 Å². The highest BCUT2D eigenvalue weighted by atomic mass is 35.5. The molecule has 0 nitrogen and oxygen atoms in total. The predicted octanol–water partition coefficient (Wildman–Crippen LogP) is 7.31. The molecule has 0 unspecified atom stereocenters. The molecule has 0 spiro atoms. The highest BCUT2D eigenvalue weighted by Gasteiger charge is 2.16. The van der Waals surface area contributed by atoms with E-state index in [4.69, 9.17) is 0 Å². The molecule has 0 saturated carbocycles. The lowest BCUT2D eigenvalue weighted by molar-refractivity contribution is 1.74. The second kappa shape index (κ2) is 15.2. The zero-order valence-electron chi connectivity index (χ0n) is 21.6. The lowest BCUT2D eigenvalue weighted by Crippen LogP contribution is -2.20. The van der Waals surface area contributed by atoms with Crippen molar-refractivity contribution in [2.24, 2.45) is 0 Å². The molecular weight excluding hydrogens is 530 g/mol. The summed E-state index contributed by atoms with van der Waals surface area (Å²) in [4.78, 5) is 0. The average molecular weight is 561 g/mol. The van der Waals surface area contributed by atoms with E-state index in [1.165, 1.54) is 31.8 Å². The fourth-order valence-corrected chi connectivity index (χ4v) is 8.97. The van der Waals surface area contributed by atoms with Gasteiger partial charge in [0, 0.05) is 0 Å². The minimum Gasteiger partial charge on any atom is -0.147 e. The van der Waals surface area contributed by atoms with Crippen molar-refractivity contribution in [2.45, 2.75) is 0 Å². The first kappa shape index (κ1) is 28.5. The Kier molecular flexibility index (Phi) is 11.1. The van der Waals surface area contributed by atoms with Crippen LogP contribution in [0.2, 0.25) is 0 Å². The summed E-state index contributed by atoms with van der Waals surface area (Å²) < 4.78 is 0. The lowest BCUT2D eigenvalue weighted by atomic mass is 10.4. The van der Waals surface area contributed by atoms with Crippen molar-refractivity contribution in [2.75, 3.05) is 0 Å². The quantitative estimate of drug-likeness (QED) is 0.187. The lowest BCUT2D eigenvalue weighted by Gasteiger charge is -2.18. The molecule has 6 aromatic carbocycles. The van der Waals surface area contributed by atoms with Crippen molar-refractivity contribution in [1.82, 2.24) is 0 Å². The smallest absolute Gasteiger partial charge is 0.0134 e. The van der Waals surface area contributed by atoms with Crippen molar-refractivity contribution in [3.8, 4) is 0 Å². The SMILES string of the molecule is Cl.c1ccc(P(c2ccccc2)c2ccccc2)cc1.c1ccc(P(c2ccccc2)c2ccccc2)cc1. The average Bonchev–Trinajstić information content (AvgIpc) is 3.01. The Morgan fingerprint density at radius 1 is 0.205 bits per heavy atom. The van der Waals surface area contributed by atoms with E-state index in [0.29, 0.717) is 0 Å². The van der Waals surface area contributed by atoms with Crippen LogP contribution < -0.4 is 31.8 Å². The Bertz CT molecular complexity index is 1170. The van der Waals surface area contributed by atoms with Gasteiger partial charge in [0.2, 0.25) is 0 Å². The summed E-state index contributed by atoms with van der Waals surface area (Å²) in [6.07, 6.45) is 0. The summed E-state index contributed by atoms with van der Waals surface area (Å²) in [6.45, 7) is 0. The van der Waals surface area contributed by atoms with Crippen molar-refractivity contribution in [3.05, 3.63) is 182 Å². The maximum absolute atomic E-state index is 2.23. The third-order valence-corrected chi connectivity index (χ3v) is 11.0. The van der Waals surface area contributed by atoms with Gasteiger partial charge in [0.1, 0.15) is 0 Å². The van der Waals surface area contributed by atoms with Crippen LogP contribution in [0, 0.1) is 0 Å². The molecule has 0 N–H and O–H groups in total. The molecule has 6 aromatic rings. The van der Waals surface area contributed by atoms with Gasteiger partial charge in [0.25, 0.3) is 0 Å². The molecule has 0 aliphatic carbocycles. The molecule has 0 heterocycles. The third kappa shape index (κ3) is 7.75. The molecule has 0 aliphatic heterocycles. The molecule has 192 valence electrons. The summed E-state index contributed by atoms with van der Waals surface area (Å²) in [5, 5.41) is 8.39. The first-order chi connectivity index (χ1) is 18.9. The van der Waals surface area contributed by atoms with Gasteiger partial charge in [-0.05, 0) is 47.7 Å². The molecule has 0 aromatic heterocycles. The minimum atomic E-state index is -0.446. The Morgan fingerprint density at radius 2 is 0.333 bits per heavy atom. The van der Waals surface area contributed by atoms with Gasteiger partial charge in [-0.3, -0.25) is 0 Å². The van der Waals surface area contributed by atoms with E-state index in [1.807, 2.05) is 0 Å². The van der Waals surface area contributed by atoms with E-state index in [9.17, 15) is 0 Å². The fourth-order valence-electron chi connectivity index (χ4n) is 4.36. The third-order valence-electron chi connectivity index (χ3n) is 6.09. The van der Waals surface area contributed by atoms with Gasteiger partial charge in [0.15, 0.2) is 0 Å². The van der Waals surface area contributed by atoms with Crippen LogP contribution >= 0.6 is 28.3 Å². The molecule has 0 saturated heterocycles. The summed E-state index contributed by atoms with van der Waals surface area (Å²) in [6, 6.07) is 64.7. The van der Waals surface area contributed by atoms with Crippen molar-refractivity contribution < 1.29 is 0 Å². The zero-order valence-corrected chi connectivity index (χ0v) is 24.2. The maximum Gasteiger partial charge on any atom is -0.0134 e. The van der Waals surface area contributed by atoms with Gasteiger partial charge in [-0.2, -0.15) is 0 Å². The van der Waals surface area contributed by atoms with E-state index < -0.39 is 15.8 Å². The van der Waals surface area contributed by atoms with Crippen molar-refractivity contribution in [1.29, 1.82) is 0 Å². The Morgan fingerprint density at radius 3 is 0.462 bits per heavy atom. The summed E-state index contributed by atoms with van der Waals surface area (Å²) in [5.41, 5.74) is 0. The van der Waals surface area contributed by atoms with E-state index in [0.717, 1.165) is 0 Å². The zero-order chi connectivity index (χ0) is 25.8. The Hall–Kier alpha value is -3.53. The molecule has 0 fully saturated rings. The van der Waals surface area contributed by atoms with Crippen LogP contribution in [0.3, 0.4) is 0 Å². The molecule has 6 rings (SSSR count). The molecule has 0 radical (unpaired) electrons. The topological polar surface area (TPSA) is 0 Å². The number of hydrogen-bond donors (Lipinski definition) is 0. The second-order valence-electron chi connectivity index (χ2n) is 8.68. The highest BCUT2D eigenvalue weighted by Crippen LogP contribution is 2.33. The van der Waals surface area contributed by atoms with E-state index in [1.54, 1.807) is 0 Å². The van der Waals surface area contributed by atoms with E-state index in [2.05, 4.69) is 182 Å².